The molecule has 3 N–H and O–H groups in total. The molecule has 0 saturated heterocycles. The number of benzene rings is 1. The lowest BCUT2D eigenvalue weighted by Crippen LogP contribution is -2.51. The zero-order valence-electron chi connectivity index (χ0n) is 14.4. The van der Waals surface area contributed by atoms with Gasteiger partial charge < -0.3 is 19.7 Å². The number of sulfonamides is 1. The van der Waals surface area contributed by atoms with Crippen molar-refractivity contribution in [2.45, 2.75) is 24.0 Å². The number of aliphatic hydroxyl groups is 2. The largest absolute Gasteiger partial charge is 0.372 e. The Bertz CT molecular complexity index is 979. The quantitative estimate of drug-likeness (QED) is 0.573. The maximum atomic E-state index is 12.4. The van der Waals surface area contributed by atoms with Crippen LogP contribution in [-0.4, -0.2) is 59.4 Å². The summed E-state index contributed by atoms with van der Waals surface area (Å²) >= 11 is 3.15. The van der Waals surface area contributed by atoms with Crippen molar-refractivity contribution in [2.24, 2.45) is 0 Å². The van der Waals surface area contributed by atoms with Crippen molar-refractivity contribution >= 4 is 37.7 Å². The maximum Gasteiger partial charge on any atom is 0.265 e. The van der Waals surface area contributed by atoms with E-state index in [1.165, 1.54) is 33.8 Å². The second-order valence-electron chi connectivity index (χ2n) is 6.04. The van der Waals surface area contributed by atoms with E-state index in [0.29, 0.717) is 10.3 Å². The summed E-state index contributed by atoms with van der Waals surface area (Å²) in [5, 5.41) is 20.4. The molecular formula is C15H18BrN5O5S. The first-order valence-corrected chi connectivity index (χ1v) is 10.1. The number of aliphatic hydroxyl groups excluding tert-OH is 2. The lowest BCUT2D eigenvalue weighted by atomic mass is 10.2. The van der Waals surface area contributed by atoms with E-state index < -0.39 is 28.5 Å². The highest BCUT2D eigenvalue weighted by atomic mass is 79.9. The predicted molar refractivity (Wildman–Crippen MR) is 98.8 cm³/mol. The molecule has 1 amide bonds. The molecule has 146 valence electrons. The minimum absolute atomic E-state index is 0.0615. The highest BCUT2D eigenvalue weighted by Crippen LogP contribution is 2.33. The summed E-state index contributed by atoms with van der Waals surface area (Å²) in [7, 11) is -0.974. The summed E-state index contributed by atoms with van der Waals surface area (Å²) in [6, 6.07) is 6.13. The highest BCUT2D eigenvalue weighted by molar-refractivity contribution is 9.10. The number of halogens is 1. The van der Waals surface area contributed by atoms with E-state index in [9.17, 15) is 23.4 Å². The molecule has 0 bridgehead atoms. The number of fused-ring (bicyclic) bond motifs is 1. The number of hydrogen-bond donors (Lipinski definition) is 3. The lowest BCUT2D eigenvalue weighted by molar-refractivity contribution is -0.120. The number of nitrogens with one attached hydrogen (secondary N) is 1. The third-order valence-electron chi connectivity index (χ3n) is 4.22. The van der Waals surface area contributed by atoms with Crippen LogP contribution in [0.1, 0.15) is 11.9 Å². The van der Waals surface area contributed by atoms with Gasteiger partial charge >= 0.3 is 0 Å². The van der Waals surface area contributed by atoms with Gasteiger partial charge in [0.2, 0.25) is 0 Å². The zero-order valence-corrected chi connectivity index (χ0v) is 16.8. The monoisotopic (exact) mass is 459 g/mol. The van der Waals surface area contributed by atoms with Gasteiger partial charge in [-0.15, -0.1) is 0 Å². The van der Waals surface area contributed by atoms with Crippen LogP contribution in [0.5, 0.6) is 0 Å². The number of imidazole rings is 1. The second-order valence-corrected chi connectivity index (χ2v) is 8.54. The second kappa shape index (κ2) is 7.20. The van der Waals surface area contributed by atoms with E-state index in [2.05, 4.69) is 20.9 Å². The SMILES string of the molecule is CN1c2ncn(CC(=O)NS(=O)(=O)c3ccccc3Br)c2C(O)N(C)C1O. The van der Waals surface area contributed by atoms with Crippen molar-refractivity contribution in [1.82, 2.24) is 19.2 Å². The molecule has 10 nitrogen and oxygen atoms in total. The van der Waals surface area contributed by atoms with Gasteiger partial charge in [0, 0.05) is 11.5 Å². The molecule has 0 radical (unpaired) electrons. The molecule has 27 heavy (non-hydrogen) atoms. The van der Waals surface area contributed by atoms with Crippen molar-refractivity contribution in [3.05, 3.63) is 40.8 Å². The Morgan fingerprint density at radius 2 is 1.96 bits per heavy atom. The number of nitrogens with zero attached hydrogens (tertiary/aromatic N) is 4. The Kier molecular flexibility index (Phi) is 5.27. The maximum absolute atomic E-state index is 12.4. The van der Waals surface area contributed by atoms with Gasteiger partial charge in [0.1, 0.15) is 17.1 Å². The Morgan fingerprint density at radius 1 is 1.30 bits per heavy atom. The molecule has 0 spiro atoms. The molecule has 0 saturated carbocycles. The summed E-state index contributed by atoms with van der Waals surface area (Å²) in [6.07, 6.45) is -0.983. The smallest absolute Gasteiger partial charge is 0.265 e. The molecule has 2 unspecified atom stereocenters. The number of anilines is 1. The molecule has 1 aliphatic heterocycles. The molecular weight excluding hydrogens is 442 g/mol. The van der Waals surface area contributed by atoms with E-state index in [1.807, 2.05) is 4.72 Å². The average Bonchev–Trinajstić information content (AvgIpc) is 3.01. The van der Waals surface area contributed by atoms with Gasteiger partial charge in [-0.25, -0.2) is 23.0 Å². The number of aromatic nitrogens is 2. The van der Waals surface area contributed by atoms with Crippen LogP contribution in [0.3, 0.4) is 0 Å². The molecule has 12 heteroatoms. The number of rotatable bonds is 4. The predicted octanol–water partition coefficient (Wildman–Crippen LogP) is -0.201. The first kappa shape index (κ1) is 19.8. The normalized spacial score (nSPS) is 20.4. The van der Waals surface area contributed by atoms with Gasteiger partial charge in [-0.1, -0.05) is 12.1 Å². The summed E-state index contributed by atoms with van der Waals surface area (Å²) in [4.78, 5) is 19.1. The first-order chi connectivity index (χ1) is 12.6. The average molecular weight is 460 g/mol. The van der Waals surface area contributed by atoms with Gasteiger partial charge in [-0.3, -0.25) is 4.79 Å². The number of carbonyl (C=O) groups is 1. The Labute approximate surface area is 164 Å². The topological polar surface area (TPSA) is 128 Å². The molecule has 2 aromatic rings. The minimum Gasteiger partial charge on any atom is -0.372 e. The van der Waals surface area contributed by atoms with Crippen LogP contribution in [0.25, 0.3) is 0 Å². The van der Waals surface area contributed by atoms with Crippen LogP contribution in [0, 0.1) is 0 Å². The molecule has 1 aromatic carbocycles. The van der Waals surface area contributed by atoms with E-state index in [4.69, 9.17) is 0 Å². The summed E-state index contributed by atoms with van der Waals surface area (Å²) in [6.45, 7) is -0.374. The fourth-order valence-corrected chi connectivity index (χ4v) is 4.78. The van der Waals surface area contributed by atoms with E-state index in [1.54, 1.807) is 25.2 Å². The van der Waals surface area contributed by atoms with Crippen LogP contribution < -0.4 is 9.62 Å². The molecule has 1 aromatic heterocycles. The molecule has 0 aliphatic carbocycles. The Hall–Kier alpha value is -1.99. The van der Waals surface area contributed by atoms with Crippen LogP contribution in [0.2, 0.25) is 0 Å². The van der Waals surface area contributed by atoms with E-state index in [-0.39, 0.29) is 17.1 Å². The first-order valence-electron chi connectivity index (χ1n) is 7.79. The van der Waals surface area contributed by atoms with Gasteiger partial charge in [-0.2, -0.15) is 0 Å². The van der Waals surface area contributed by atoms with Gasteiger partial charge in [-0.05, 0) is 35.1 Å². The van der Waals surface area contributed by atoms with E-state index >= 15 is 0 Å². The summed E-state index contributed by atoms with van der Waals surface area (Å²) in [5.74, 6) is -0.496. The Balaban J connectivity index is 1.83. The minimum atomic E-state index is -4.06. The highest BCUT2D eigenvalue weighted by Gasteiger charge is 2.37. The fraction of sp³-hybridized carbons (Fsp3) is 0.333. The molecule has 3 rings (SSSR count). The zero-order chi connectivity index (χ0) is 19.9. The van der Waals surface area contributed by atoms with Crippen molar-refractivity contribution in [2.75, 3.05) is 19.0 Å². The molecule has 0 fully saturated rings. The van der Waals surface area contributed by atoms with Crippen LogP contribution in [0.4, 0.5) is 5.82 Å². The number of carbonyl (C=O) groups excluding carboxylic acids is 1. The fourth-order valence-electron chi connectivity index (χ4n) is 2.80. The third kappa shape index (κ3) is 3.58. The summed E-state index contributed by atoms with van der Waals surface area (Å²) < 4.78 is 28.5. The third-order valence-corrected chi connectivity index (χ3v) is 6.61. The van der Waals surface area contributed by atoms with Gasteiger partial charge in [0.25, 0.3) is 15.9 Å². The van der Waals surface area contributed by atoms with Crippen LogP contribution >= 0.6 is 15.9 Å². The molecule has 2 heterocycles. The van der Waals surface area contributed by atoms with Crippen molar-refractivity contribution in [3.63, 3.8) is 0 Å². The lowest BCUT2D eigenvalue weighted by Gasteiger charge is -2.39. The van der Waals surface area contributed by atoms with Crippen molar-refractivity contribution in [1.29, 1.82) is 0 Å². The number of hydrogen-bond acceptors (Lipinski definition) is 8. The Morgan fingerprint density at radius 3 is 2.63 bits per heavy atom. The van der Waals surface area contributed by atoms with E-state index in [0.717, 1.165) is 0 Å². The molecule has 2 atom stereocenters. The molecule has 1 aliphatic rings. The standard InChI is InChI=1S/C15H18BrN5O5S/c1-19-13-12(14(23)20(2)15(19)24)21(8-17-13)7-11(22)18-27(25,26)10-6-4-3-5-9(10)16/h3-6,8,14-15,23-24H,7H2,1-2H3,(H,18,22). The van der Waals surface area contributed by atoms with Crippen molar-refractivity contribution < 1.29 is 23.4 Å². The van der Waals surface area contributed by atoms with Crippen molar-refractivity contribution in [3.8, 4) is 0 Å². The van der Waals surface area contributed by atoms with Gasteiger partial charge in [0.15, 0.2) is 18.4 Å². The van der Waals surface area contributed by atoms with Crippen LogP contribution in [0.15, 0.2) is 40.0 Å². The van der Waals surface area contributed by atoms with Gasteiger partial charge in [0.05, 0.1) is 6.33 Å². The number of amides is 1. The summed E-state index contributed by atoms with van der Waals surface area (Å²) in [5.41, 5.74) is 0.277. The van der Waals surface area contributed by atoms with Crippen LogP contribution in [-0.2, 0) is 21.4 Å².